The summed E-state index contributed by atoms with van der Waals surface area (Å²) < 4.78 is 15.4. The lowest BCUT2D eigenvalue weighted by molar-refractivity contribution is 0.0932. The quantitative estimate of drug-likeness (QED) is 0.509. The van der Waals surface area contributed by atoms with Crippen molar-refractivity contribution in [2.75, 3.05) is 12.0 Å². The highest BCUT2D eigenvalue weighted by Crippen LogP contribution is 2.19. The van der Waals surface area contributed by atoms with Crippen molar-refractivity contribution in [1.29, 1.82) is 0 Å². The van der Waals surface area contributed by atoms with Crippen molar-refractivity contribution in [3.8, 4) is 0 Å². The number of H-pyrrole nitrogens is 1. The molecule has 7 nitrogen and oxygen atoms in total. The maximum absolute atomic E-state index is 13.6. The average molecular weight is 411 g/mol. The molecule has 0 unspecified atom stereocenters. The molecular formula is C20H18FN5O2S. The van der Waals surface area contributed by atoms with Gasteiger partial charge in [-0.25, -0.2) is 4.39 Å². The Hall–Kier alpha value is -3.20. The molecule has 0 aliphatic carbocycles. The van der Waals surface area contributed by atoms with Gasteiger partial charge in [0.15, 0.2) is 11.5 Å². The molecule has 4 aromatic rings. The first-order valence-electron chi connectivity index (χ1n) is 8.99. The molecule has 0 aliphatic rings. The highest BCUT2D eigenvalue weighted by molar-refractivity contribution is 7.98. The SMILES string of the molecule is CSCC[C@@H](NC(=O)c1c[nH]c2ccc(F)cc2c1=O)c1nnc2ccccn12. The number of aromatic nitrogens is 4. The number of nitrogens with one attached hydrogen (secondary N) is 2. The number of aromatic amines is 1. The van der Waals surface area contributed by atoms with Gasteiger partial charge in [0.2, 0.25) is 5.43 Å². The van der Waals surface area contributed by atoms with Crippen molar-refractivity contribution in [3.05, 3.63) is 76.2 Å². The summed E-state index contributed by atoms with van der Waals surface area (Å²) in [4.78, 5) is 28.5. The highest BCUT2D eigenvalue weighted by atomic mass is 32.2. The van der Waals surface area contributed by atoms with Gasteiger partial charge in [0.05, 0.1) is 6.04 Å². The Morgan fingerprint density at radius 3 is 3.00 bits per heavy atom. The van der Waals surface area contributed by atoms with Crippen LogP contribution in [0.15, 0.2) is 53.6 Å². The Morgan fingerprint density at radius 1 is 1.31 bits per heavy atom. The summed E-state index contributed by atoms with van der Waals surface area (Å²) in [7, 11) is 0. The van der Waals surface area contributed by atoms with Crippen molar-refractivity contribution >= 4 is 34.2 Å². The summed E-state index contributed by atoms with van der Waals surface area (Å²) in [5.74, 6) is 0.294. The van der Waals surface area contributed by atoms with Gasteiger partial charge in [-0.2, -0.15) is 11.8 Å². The first-order chi connectivity index (χ1) is 14.1. The number of hydrogen-bond donors (Lipinski definition) is 2. The lowest BCUT2D eigenvalue weighted by Gasteiger charge is -2.17. The number of halogens is 1. The zero-order valence-electron chi connectivity index (χ0n) is 15.6. The van der Waals surface area contributed by atoms with Crippen molar-refractivity contribution in [2.24, 2.45) is 0 Å². The molecule has 0 aliphatic heterocycles. The van der Waals surface area contributed by atoms with Crippen LogP contribution < -0.4 is 10.7 Å². The average Bonchev–Trinajstić information content (AvgIpc) is 3.16. The van der Waals surface area contributed by atoms with E-state index in [1.54, 1.807) is 11.8 Å². The van der Waals surface area contributed by atoms with Crippen molar-refractivity contribution in [1.82, 2.24) is 24.9 Å². The number of nitrogens with zero attached hydrogens (tertiary/aromatic N) is 3. The molecule has 3 heterocycles. The van der Waals surface area contributed by atoms with Crippen LogP contribution in [0.25, 0.3) is 16.6 Å². The standard InChI is InChI=1S/C20H18FN5O2S/c1-29-9-7-16(19-25-24-17-4-2-3-8-26(17)19)23-20(28)14-11-22-15-6-5-12(21)10-13(15)18(14)27/h2-6,8,10-11,16H,7,9H2,1H3,(H,22,27)(H,23,28)/t16-/m1/s1. The van der Waals surface area contributed by atoms with Gasteiger partial charge >= 0.3 is 0 Å². The smallest absolute Gasteiger partial charge is 0.257 e. The maximum Gasteiger partial charge on any atom is 0.257 e. The Morgan fingerprint density at radius 2 is 2.17 bits per heavy atom. The molecule has 1 atom stereocenters. The molecule has 148 valence electrons. The summed E-state index contributed by atoms with van der Waals surface area (Å²) >= 11 is 1.64. The monoisotopic (exact) mass is 411 g/mol. The van der Waals surface area contributed by atoms with E-state index in [4.69, 9.17) is 0 Å². The Labute approximate surface area is 169 Å². The molecule has 0 spiro atoms. The minimum absolute atomic E-state index is 0.0777. The fourth-order valence-electron chi connectivity index (χ4n) is 3.19. The summed E-state index contributed by atoms with van der Waals surface area (Å²) in [5.41, 5.74) is 0.539. The van der Waals surface area contributed by atoms with E-state index in [1.165, 1.54) is 18.3 Å². The second-order valence-electron chi connectivity index (χ2n) is 6.52. The minimum atomic E-state index is -0.545. The van der Waals surface area contributed by atoms with E-state index in [1.807, 2.05) is 35.1 Å². The number of rotatable bonds is 6. The fraction of sp³-hybridized carbons (Fsp3) is 0.200. The second-order valence-corrected chi connectivity index (χ2v) is 7.50. The number of benzene rings is 1. The van der Waals surface area contributed by atoms with Crippen molar-refractivity contribution in [3.63, 3.8) is 0 Å². The summed E-state index contributed by atoms with van der Waals surface area (Å²) in [6.07, 6.45) is 5.77. The van der Waals surface area contributed by atoms with Gasteiger partial charge in [0.25, 0.3) is 5.91 Å². The summed E-state index contributed by atoms with van der Waals surface area (Å²) in [6.45, 7) is 0. The number of carbonyl (C=O) groups excluding carboxylic acids is 1. The number of amides is 1. The molecule has 1 aromatic carbocycles. The zero-order chi connectivity index (χ0) is 20.4. The van der Waals surface area contributed by atoms with Crippen molar-refractivity contribution < 1.29 is 9.18 Å². The van der Waals surface area contributed by atoms with E-state index in [-0.39, 0.29) is 10.9 Å². The predicted octanol–water partition coefficient (Wildman–Crippen LogP) is 2.93. The fourth-order valence-corrected chi connectivity index (χ4v) is 3.67. The van der Waals surface area contributed by atoms with E-state index in [9.17, 15) is 14.0 Å². The predicted molar refractivity (Wildman–Crippen MR) is 111 cm³/mol. The lowest BCUT2D eigenvalue weighted by Crippen LogP contribution is -2.33. The summed E-state index contributed by atoms with van der Waals surface area (Å²) in [5, 5.41) is 11.4. The van der Waals surface area contributed by atoms with Gasteiger partial charge in [-0.05, 0) is 48.8 Å². The Balaban J connectivity index is 1.69. The minimum Gasteiger partial charge on any atom is -0.360 e. The molecule has 0 bridgehead atoms. The Kier molecular flexibility index (Phi) is 5.30. The van der Waals surface area contributed by atoms with Crippen LogP contribution in [0, 0.1) is 5.82 Å². The van der Waals surface area contributed by atoms with Crippen LogP contribution in [0.3, 0.4) is 0 Å². The largest absolute Gasteiger partial charge is 0.360 e. The van der Waals surface area contributed by atoms with Crippen LogP contribution in [0.1, 0.15) is 28.6 Å². The van der Waals surface area contributed by atoms with Crippen molar-refractivity contribution in [2.45, 2.75) is 12.5 Å². The number of thioether (sulfide) groups is 1. The second kappa shape index (κ2) is 8.04. The Bertz CT molecular complexity index is 1250. The maximum atomic E-state index is 13.6. The first-order valence-corrected chi connectivity index (χ1v) is 10.4. The van der Waals surface area contributed by atoms with Crippen LogP contribution in [-0.4, -0.2) is 37.5 Å². The van der Waals surface area contributed by atoms with Crippen LogP contribution in [0.2, 0.25) is 0 Å². The molecule has 0 fully saturated rings. The molecule has 0 saturated heterocycles. The highest BCUT2D eigenvalue weighted by Gasteiger charge is 2.22. The molecule has 1 amide bonds. The first kappa shape index (κ1) is 19.1. The van der Waals surface area contributed by atoms with Crippen LogP contribution in [0.4, 0.5) is 4.39 Å². The number of hydrogen-bond acceptors (Lipinski definition) is 5. The van der Waals surface area contributed by atoms with E-state index in [0.29, 0.717) is 23.4 Å². The molecule has 3 aromatic heterocycles. The van der Waals surface area contributed by atoms with Gasteiger partial charge in [-0.1, -0.05) is 6.07 Å². The number of carbonyl (C=O) groups is 1. The van der Waals surface area contributed by atoms with Crippen LogP contribution in [0.5, 0.6) is 0 Å². The topological polar surface area (TPSA) is 92.1 Å². The molecule has 0 radical (unpaired) electrons. The molecule has 9 heteroatoms. The molecular weight excluding hydrogens is 393 g/mol. The third-order valence-corrected chi connectivity index (χ3v) is 5.30. The van der Waals surface area contributed by atoms with E-state index < -0.39 is 23.2 Å². The third-order valence-electron chi connectivity index (χ3n) is 4.66. The lowest BCUT2D eigenvalue weighted by atomic mass is 10.1. The number of pyridine rings is 2. The van der Waals surface area contributed by atoms with Gasteiger partial charge in [0.1, 0.15) is 11.4 Å². The van der Waals surface area contributed by atoms with E-state index >= 15 is 0 Å². The third kappa shape index (κ3) is 3.73. The van der Waals surface area contributed by atoms with E-state index in [0.717, 1.165) is 11.8 Å². The molecule has 2 N–H and O–H groups in total. The van der Waals surface area contributed by atoms with Gasteiger partial charge in [-0.15, -0.1) is 10.2 Å². The van der Waals surface area contributed by atoms with Gasteiger partial charge in [-0.3, -0.25) is 14.0 Å². The van der Waals surface area contributed by atoms with Crippen LogP contribution in [-0.2, 0) is 0 Å². The zero-order valence-corrected chi connectivity index (χ0v) is 16.4. The van der Waals surface area contributed by atoms with Crippen LogP contribution >= 0.6 is 11.8 Å². The molecule has 4 rings (SSSR count). The molecule has 29 heavy (non-hydrogen) atoms. The molecule has 0 saturated carbocycles. The normalized spacial score (nSPS) is 12.3. The van der Waals surface area contributed by atoms with Gasteiger partial charge in [0, 0.05) is 23.3 Å². The van der Waals surface area contributed by atoms with E-state index in [2.05, 4.69) is 20.5 Å². The number of fused-ring (bicyclic) bond motifs is 2. The van der Waals surface area contributed by atoms with Gasteiger partial charge < -0.3 is 10.3 Å². The summed E-state index contributed by atoms with van der Waals surface area (Å²) in [6, 6.07) is 8.96.